The van der Waals surface area contributed by atoms with Crippen LogP contribution < -0.4 is 11.1 Å². The number of ether oxygens (including phenoxy) is 1. The molecule has 1 aliphatic carbocycles. The van der Waals surface area contributed by atoms with E-state index in [1.54, 1.807) is 13.8 Å². The smallest absolute Gasteiger partial charge is 0.416 e. The molecule has 0 spiro atoms. The number of nitrogens with two attached hydrogens (primary N) is 1. The first kappa shape index (κ1) is 21.6. The number of fused-ring (bicyclic) bond motifs is 1. The number of nitrogen functional groups attached to an aromatic ring is 1. The van der Waals surface area contributed by atoms with Gasteiger partial charge in [0.1, 0.15) is 11.6 Å². The molecule has 0 bridgehead atoms. The number of halogens is 3. The van der Waals surface area contributed by atoms with E-state index in [2.05, 4.69) is 21.9 Å². The van der Waals surface area contributed by atoms with Gasteiger partial charge in [0.2, 0.25) is 0 Å². The molecule has 6 nitrogen and oxygen atoms in total. The summed E-state index contributed by atoms with van der Waals surface area (Å²) in [5, 5.41) is 3.14. The van der Waals surface area contributed by atoms with Crippen molar-refractivity contribution < 1.29 is 22.7 Å². The molecule has 1 unspecified atom stereocenters. The molecule has 0 amide bonds. The normalized spacial score (nSPS) is 16.6. The molecule has 2 atom stereocenters. The van der Waals surface area contributed by atoms with Gasteiger partial charge in [-0.2, -0.15) is 13.2 Å². The number of hydrogen-bond donors (Lipinski definition) is 2. The van der Waals surface area contributed by atoms with E-state index in [0.717, 1.165) is 23.4 Å². The summed E-state index contributed by atoms with van der Waals surface area (Å²) in [5.41, 5.74) is 6.66. The number of rotatable bonds is 6. The summed E-state index contributed by atoms with van der Waals surface area (Å²) in [6, 6.07) is 2.71. The number of hydrogen-bond acceptors (Lipinski definition) is 6. The molecule has 30 heavy (non-hydrogen) atoms. The number of aromatic nitrogens is 2. The fraction of sp³-hybridized carbons (Fsp3) is 0.381. The van der Waals surface area contributed by atoms with Crippen LogP contribution in [0.25, 0.3) is 0 Å². The van der Waals surface area contributed by atoms with Gasteiger partial charge in [0, 0.05) is 17.7 Å². The van der Waals surface area contributed by atoms with Gasteiger partial charge in [0.15, 0.2) is 0 Å². The number of carbonyl (C=O) groups excluding carboxylic acids is 1. The van der Waals surface area contributed by atoms with Gasteiger partial charge in [-0.15, -0.1) is 6.58 Å². The van der Waals surface area contributed by atoms with E-state index in [4.69, 9.17) is 10.5 Å². The molecule has 1 aromatic carbocycles. The van der Waals surface area contributed by atoms with Crippen LogP contribution in [0.4, 0.5) is 24.7 Å². The Balaban J connectivity index is 1.93. The van der Waals surface area contributed by atoms with Gasteiger partial charge in [0.25, 0.3) is 0 Å². The summed E-state index contributed by atoms with van der Waals surface area (Å²) < 4.78 is 44.7. The molecular formula is C21H23F3N4O2. The number of carbonyl (C=O) groups is 1. The molecule has 3 rings (SSSR count). The maximum atomic E-state index is 13.2. The summed E-state index contributed by atoms with van der Waals surface area (Å²) in [7, 11) is 0. The molecule has 1 aromatic heterocycles. The molecular weight excluding hydrogens is 397 g/mol. The lowest BCUT2D eigenvalue weighted by Crippen LogP contribution is -2.18. The topological polar surface area (TPSA) is 90.1 Å². The van der Waals surface area contributed by atoms with Crippen molar-refractivity contribution in [3.63, 3.8) is 0 Å². The third-order valence-electron chi connectivity index (χ3n) is 4.91. The van der Waals surface area contributed by atoms with E-state index in [1.807, 2.05) is 0 Å². The zero-order chi connectivity index (χ0) is 22.1. The zero-order valence-corrected chi connectivity index (χ0v) is 16.7. The Morgan fingerprint density at radius 1 is 1.37 bits per heavy atom. The van der Waals surface area contributed by atoms with E-state index in [9.17, 15) is 18.0 Å². The van der Waals surface area contributed by atoms with Gasteiger partial charge in [-0.3, -0.25) is 4.79 Å². The summed E-state index contributed by atoms with van der Waals surface area (Å²) >= 11 is 0. The summed E-state index contributed by atoms with van der Waals surface area (Å²) in [4.78, 5) is 21.0. The van der Waals surface area contributed by atoms with Gasteiger partial charge in [0.05, 0.1) is 29.8 Å². The molecule has 2 aromatic rings. The van der Waals surface area contributed by atoms with Crippen molar-refractivity contribution >= 4 is 17.5 Å². The minimum atomic E-state index is -4.52. The maximum absolute atomic E-state index is 13.2. The summed E-state index contributed by atoms with van der Waals surface area (Å²) in [6.45, 7) is 7.48. The zero-order valence-electron chi connectivity index (χ0n) is 16.7. The SMILES string of the molecule is C=C[C@@H](Nc1nc(C)nc2c1CC(C(=O)OCC)C2)c1cc(N)cc(C(F)(F)F)c1. The van der Waals surface area contributed by atoms with Crippen LogP contribution in [0, 0.1) is 12.8 Å². The third kappa shape index (κ3) is 4.55. The second-order valence-electron chi connectivity index (χ2n) is 7.15. The Bertz CT molecular complexity index is 975. The lowest BCUT2D eigenvalue weighted by Gasteiger charge is -2.20. The Morgan fingerprint density at radius 3 is 2.73 bits per heavy atom. The minimum Gasteiger partial charge on any atom is -0.466 e. The highest BCUT2D eigenvalue weighted by atomic mass is 19.4. The number of esters is 1. The van der Waals surface area contributed by atoms with E-state index < -0.39 is 17.8 Å². The number of aryl methyl sites for hydroxylation is 1. The average Bonchev–Trinajstić information content (AvgIpc) is 3.09. The van der Waals surface area contributed by atoms with Crippen molar-refractivity contribution in [1.82, 2.24) is 9.97 Å². The Morgan fingerprint density at radius 2 is 2.10 bits per heavy atom. The number of nitrogens with one attached hydrogen (secondary N) is 1. The summed E-state index contributed by atoms with van der Waals surface area (Å²) in [6.07, 6.45) is -2.21. The molecule has 0 fully saturated rings. The highest BCUT2D eigenvalue weighted by Gasteiger charge is 2.34. The molecule has 9 heteroatoms. The Kier molecular flexibility index (Phi) is 6.00. The predicted octanol–water partition coefficient (Wildman–Crippen LogP) is 4.00. The maximum Gasteiger partial charge on any atom is 0.416 e. The van der Waals surface area contributed by atoms with Crippen LogP contribution in [0.5, 0.6) is 0 Å². The molecule has 0 saturated carbocycles. The second kappa shape index (κ2) is 8.33. The monoisotopic (exact) mass is 420 g/mol. The number of nitrogens with zero attached hydrogens (tertiary/aromatic N) is 2. The fourth-order valence-electron chi connectivity index (χ4n) is 3.58. The van der Waals surface area contributed by atoms with Gasteiger partial charge in [-0.1, -0.05) is 6.08 Å². The molecule has 3 N–H and O–H groups in total. The Labute approximate surface area is 172 Å². The standard InChI is InChI=1S/C21H23F3N4O2/c1-4-17(12-6-14(21(22,23)24)10-15(25)7-12)28-19-16-8-13(20(29)30-5-2)9-18(16)26-11(3)27-19/h4,6-7,10,13,17H,1,5,8-9,25H2,2-3H3,(H,26,27,28)/t13?,17-/m1/s1. The average molecular weight is 420 g/mol. The molecule has 0 aliphatic heterocycles. The molecule has 1 aliphatic rings. The molecule has 0 radical (unpaired) electrons. The number of benzene rings is 1. The van der Waals surface area contributed by atoms with E-state index in [1.165, 1.54) is 12.1 Å². The van der Waals surface area contributed by atoms with E-state index >= 15 is 0 Å². The van der Waals surface area contributed by atoms with Crippen LogP contribution >= 0.6 is 0 Å². The lowest BCUT2D eigenvalue weighted by atomic mass is 10.0. The van der Waals surface area contributed by atoms with Crippen molar-refractivity contribution in [3.05, 3.63) is 59.1 Å². The first-order chi connectivity index (χ1) is 14.1. The Hall–Kier alpha value is -3.10. The first-order valence-electron chi connectivity index (χ1n) is 9.52. The van der Waals surface area contributed by atoms with E-state index in [-0.39, 0.29) is 24.2 Å². The second-order valence-corrected chi connectivity index (χ2v) is 7.15. The third-order valence-corrected chi connectivity index (χ3v) is 4.91. The van der Waals surface area contributed by atoms with Crippen LogP contribution in [0.1, 0.15) is 41.2 Å². The van der Waals surface area contributed by atoms with Crippen molar-refractivity contribution in [1.29, 1.82) is 0 Å². The van der Waals surface area contributed by atoms with E-state index in [0.29, 0.717) is 30.0 Å². The molecule has 0 saturated heterocycles. The van der Waals surface area contributed by atoms with Gasteiger partial charge < -0.3 is 15.8 Å². The van der Waals surface area contributed by atoms with Crippen LogP contribution in [0.15, 0.2) is 30.9 Å². The minimum absolute atomic E-state index is 0.0000490. The molecule has 1 heterocycles. The highest BCUT2D eigenvalue weighted by molar-refractivity contribution is 5.75. The highest BCUT2D eigenvalue weighted by Crippen LogP contribution is 2.36. The first-order valence-corrected chi connectivity index (χ1v) is 9.52. The van der Waals surface area contributed by atoms with Crippen LogP contribution in [-0.4, -0.2) is 22.5 Å². The number of alkyl halides is 3. The lowest BCUT2D eigenvalue weighted by molar-refractivity contribution is -0.147. The van der Waals surface area contributed by atoms with Gasteiger partial charge in [-0.05, 0) is 44.0 Å². The van der Waals surface area contributed by atoms with Crippen molar-refractivity contribution in [2.75, 3.05) is 17.7 Å². The number of anilines is 2. The summed E-state index contributed by atoms with van der Waals surface area (Å²) in [5.74, 6) is 0.297. The van der Waals surface area contributed by atoms with Crippen LogP contribution in [0.3, 0.4) is 0 Å². The van der Waals surface area contributed by atoms with Crippen LogP contribution in [0.2, 0.25) is 0 Å². The fourth-order valence-corrected chi connectivity index (χ4v) is 3.58. The quantitative estimate of drug-likeness (QED) is 0.417. The van der Waals surface area contributed by atoms with Crippen LogP contribution in [-0.2, 0) is 28.5 Å². The van der Waals surface area contributed by atoms with Gasteiger partial charge in [-0.25, -0.2) is 9.97 Å². The van der Waals surface area contributed by atoms with Crippen molar-refractivity contribution in [2.45, 2.75) is 38.9 Å². The van der Waals surface area contributed by atoms with Crippen molar-refractivity contribution in [2.24, 2.45) is 5.92 Å². The largest absolute Gasteiger partial charge is 0.466 e. The predicted molar refractivity (Wildman–Crippen MR) is 107 cm³/mol. The van der Waals surface area contributed by atoms with Gasteiger partial charge >= 0.3 is 12.1 Å². The van der Waals surface area contributed by atoms with Crippen molar-refractivity contribution in [3.8, 4) is 0 Å². The molecule has 160 valence electrons.